The minimum absolute atomic E-state index is 0.213. The Morgan fingerprint density at radius 1 is 1.29 bits per heavy atom. The van der Waals surface area contributed by atoms with Crippen LogP contribution in [0.2, 0.25) is 0 Å². The first-order valence-corrected chi connectivity index (χ1v) is 9.36. The van der Waals surface area contributed by atoms with Gasteiger partial charge in [-0.1, -0.05) is 18.8 Å². The number of hydrogen-bond donors (Lipinski definition) is 3. The van der Waals surface area contributed by atoms with Crippen molar-refractivity contribution in [3.05, 3.63) is 12.7 Å². The zero-order valence-electron chi connectivity index (χ0n) is 16.8. The zero-order chi connectivity index (χ0) is 20.7. The molecule has 0 saturated heterocycles. The number of H-pyrrole nitrogens is 1. The number of nitrogens with one attached hydrogen (secondary N) is 2. The third-order valence-corrected chi connectivity index (χ3v) is 4.35. The number of carbonyl (C=O) groups excluding carboxylic acids is 1. The largest absolute Gasteiger partial charge is 0.480 e. The van der Waals surface area contributed by atoms with E-state index in [4.69, 9.17) is 9.84 Å². The van der Waals surface area contributed by atoms with Gasteiger partial charge in [-0.2, -0.15) is 4.98 Å². The molecule has 0 aliphatic rings. The van der Waals surface area contributed by atoms with Gasteiger partial charge in [0.15, 0.2) is 18.5 Å². The number of unbranched alkanes of at least 4 members (excludes halogenated alkanes) is 2. The van der Waals surface area contributed by atoms with Crippen molar-refractivity contribution in [1.29, 1.82) is 0 Å². The molecular formula is C18H29N6O4+. The monoisotopic (exact) mass is 393 g/mol. The van der Waals surface area contributed by atoms with Crippen LogP contribution in [0.4, 0.5) is 10.6 Å². The number of imidazole rings is 1. The van der Waals surface area contributed by atoms with Crippen LogP contribution < -0.4 is 14.8 Å². The van der Waals surface area contributed by atoms with Crippen LogP contribution in [0.3, 0.4) is 0 Å². The van der Waals surface area contributed by atoms with E-state index in [1.165, 1.54) is 0 Å². The summed E-state index contributed by atoms with van der Waals surface area (Å²) in [5.41, 5.74) is 1.74. The molecule has 10 heteroatoms. The molecule has 0 spiro atoms. The molecule has 154 valence electrons. The highest BCUT2D eigenvalue weighted by molar-refractivity contribution is 5.80. The van der Waals surface area contributed by atoms with E-state index in [1.54, 1.807) is 20.2 Å². The molecule has 10 nitrogen and oxygen atoms in total. The predicted molar refractivity (Wildman–Crippen MR) is 103 cm³/mol. The molecule has 2 aromatic rings. The average Bonchev–Trinajstić information content (AvgIpc) is 3.05. The standard InChI is InChI=1S/C18H28N6O4/c1-12(2)13(17(25)26)22-18(27)28-9-7-5-6-8-24-11-21-14-15(23(3)4)19-10-20-16(14)24/h10-13H,5-9H2,1-4H3,(H2,22,25,26,27)/p+1/t13-/m0/s1. The van der Waals surface area contributed by atoms with Crippen molar-refractivity contribution in [3.8, 4) is 0 Å². The van der Waals surface area contributed by atoms with Crippen molar-refractivity contribution >= 4 is 29.0 Å². The number of ether oxygens (including phenoxy) is 1. The number of nitrogens with zero attached hydrogens (tertiary/aromatic N) is 4. The van der Waals surface area contributed by atoms with Crippen molar-refractivity contribution in [1.82, 2.24) is 20.3 Å². The maximum absolute atomic E-state index is 11.7. The third-order valence-electron chi connectivity index (χ3n) is 4.35. The van der Waals surface area contributed by atoms with Gasteiger partial charge in [0.05, 0.1) is 13.2 Å². The van der Waals surface area contributed by atoms with E-state index in [-0.39, 0.29) is 12.5 Å². The van der Waals surface area contributed by atoms with Gasteiger partial charge >= 0.3 is 17.7 Å². The van der Waals surface area contributed by atoms with E-state index in [0.717, 1.165) is 36.4 Å². The van der Waals surface area contributed by atoms with Crippen LogP contribution in [0.1, 0.15) is 33.1 Å². The van der Waals surface area contributed by atoms with E-state index in [1.807, 2.05) is 29.9 Å². The van der Waals surface area contributed by atoms with Crippen molar-refractivity contribution in [3.63, 3.8) is 0 Å². The quantitative estimate of drug-likeness (QED) is 0.411. The number of amides is 1. The van der Waals surface area contributed by atoms with Crippen LogP contribution in [0, 0.1) is 5.92 Å². The molecule has 0 bridgehead atoms. The van der Waals surface area contributed by atoms with E-state index < -0.39 is 18.1 Å². The second-order valence-corrected chi connectivity index (χ2v) is 7.16. The van der Waals surface area contributed by atoms with Crippen molar-refractivity contribution < 1.29 is 24.0 Å². The Kier molecular flexibility index (Phi) is 7.53. The number of aliphatic carboxylic acids is 1. The summed E-state index contributed by atoms with van der Waals surface area (Å²) < 4.78 is 7.11. The third kappa shape index (κ3) is 5.54. The Labute approximate surface area is 163 Å². The first-order chi connectivity index (χ1) is 13.3. The van der Waals surface area contributed by atoms with Gasteiger partial charge in [-0.3, -0.25) is 4.98 Å². The van der Waals surface area contributed by atoms with Gasteiger partial charge in [0.2, 0.25) is 5.52 Å². The Balaban J connectivity index is 1.72. The highest BCUT2D eigenvalue weighted by Gasteiger charge is 2.24. The number of rotatable bonds is 10. The second-order valence-electron chi connectivity index (χ2n) is 7.16. The number of alkyl carbamates (subject to hydrolysis) is 1. The molecule has 3 N–H and O–H groups in total. The van der Waals surface area contributed by atoms with Crippen molar-refractivity contribution in [2.45, 2.75) is 45.7 Å². The summed E-state index contributed by atoms with van der Waals surface area (Å²) in [6, 6.07) is -0.945. The van der Waals surface area contributed by atoms with Crippen LogP contribution in [0.5, 0.6) is 0 Å². The lowest BCUT2D eigenvalue weighted by Gasteiger charge is -2.17. The molecule has 2 aromatic heterocycles. The number of carboxylic acids is 1. The minimum Gasteiger partial charge on any atom is -0.480 e. The number of carbonyl (C=O) groups is 2. The topological polar surface area (TPSA) is 124 Å². The number of hydrogen-bond acceptors (Lipinski definition) is 6. The van der Waals surface area contributed by atoms with Crippen LogP contribution in [-0.4, -0.2) is 58.9 Å². The Morgan fingerprint density at radius 2 is 2.04 bits per heavy atom. The van der Waals surface area contributed by atoms with Crippen LogP contribution in [0.25, 0.3) is 11.2 Å². The van der Waals surface area contributed by atoms with E-state index in [9.17, 15) is 9.59 Å². The SMILES string of the molecule is CC(C)[C@H](NC(=O)OCCCCC[n+]1c[nH]c2c(N(C)C)ncnc21)C(=O)O. The predicted octanol–water partition coefficient (Wildman–Crippen LogP) is 1.32. The summed E-state index contributed by atoms with van der Waals surface area (Å²) in [5, 5.41) is 11.4. The molecule has 0 aliphatic heterocycles. The number of aromatic amines is 1. The molecule has 1 amide bonds. The van der Waals surface area contributed by atoms with Crippen molar-refractivity contribution in [2.75, 3.05) is 25.6 Å². The number of anilines is 1. The van der Waals surface area contributed by atoms with Gasteiger partial charge in [0.1, 0.15) is 6.04 Å². The Bertz CT molecular complexity index is 804. The fourth-order valence-electron chi connectivity index (χ4n) is 2.84. The minimum atomic E-state index is -1.07. The van der Waals surface area contributed by atoms with Gasteiger partial charge in [0, 0.05) is 14.1 Å². The number of aromatic nitrogens is 4. The summed E-state index contributed by atoms with van der Waals surface area (Å²) >= 11 is 0. The molecule has 2 heterocycles. The Hall–Kier alpha value is -2.91. The number of aryl methyl sites for hydroxylation is 1. The van der Waals surface area contributed by atoms with Crippen LogP contribution in [-0.2, 0) is 16.1 Å². The maximum Gasteiger partial charge on any atom is 0.407 e. The molecule has 0 unspecified atom stereocenters. The van der Waals surface area contributed by atoms with Gasteiger partial charge in [-0.25, -0.2) is 14.2 Å². The maximum atomic E-state index is 11.7. The highest BCUT2D eigenvalue weighted by Crippen LogP contribution is 2.16. The lowest BCUT2D eigenvalue weighted by Crippen LogP contribution is -2.44. The van der Waals surface area contributed by atoms with E-state index in [0.29, 0.717) is 6.42 Å². The molecular weight excluding hydrogens is 364 g/mol. The smallest absolute Gasteiger partial charge is 0.407 e. The molecule has 2 rings (SSSR count). The summed E-state index contributed by atoms with van der Waals surface area (Å²) in [6.07, 6.45) is 5.21. The van der Waals surface area contributed by atoms with E-state index in [2.05, 4.69) is 20.3 Å². The summed E-state index contributed by atoms with van der Waals surface area (Å²) in [6.45, 7) is 4.49. The number of carboxylic acid groups (broad SMARTS) is 1. The lowest BCUT2D eigenvalue weighted by molar-refractivity contribution is -0.673. The summed E-state index contributed by atoms with van der Waals surface area (Å²) in [5.74, 6) is -0.441. The molecule has 0 aliphatic carbocycles. The van der Waals surface area contributed by atoms with Crippen LogP contribution in [0.15, 0.2) is 12.7 Å². The van der Waals surface area contributed by atoms with Crippen LogP contribution >= 0.6 is 0 Å². The highest BCUT2D eigenvalue weighted by atomic mass is 16.5. The summed E-state index contributed by atoms with van der Waals surface area (Å²) in [4.78, 5) is 36.5. The van der Waals surface area contributed by atoms with Crippen molar-refractivity contribution in [2.24, 2.45) is 5.92 Å². The zero-order valence-corrected chi connectivity index (χ0v) is 16.8. The average molecular weight is 393 g/mol. The molecule has 0 radical (unpaired) electrons. The second kappa shape index (κ2) is 9.86. The molecule has 28 heavy (non-hydrogen) atoms. The van der Waals surface area contributed by atoms with Gasteiger partial charge in [-0.05, 0) is 25.2 Å². The van der Waals surface area contributed by atoms with E-state index >= 15 is 0 Å². The number of fused-ring (bicyclic) bond motifs is 1. The normalized spacial score (nSPS) is 12.2. The fraction of sp³-hybridized carbons (Fsp3) is 0.611. The lowest BCUT2D eigenvalue weighted by atomic mass is 10.1. The first kappa shape index (κ1) is 21.4. The van der Waals surface area contributed by atoms with Gasteiger partial charge in [-0.15, -0.1) is 0 Å². The molecule has 0 aromatic carbocycles. The fourth-order valence-corrected chi connectivity index (χ4v) is 2.84. The Morgan fingerprint density at radius 3 is 2.68 bits per heavy atom. The molecule has 0 fully saturated rings. The first-order valence-electron chi connectivity index (χ1n) is 9.36. The van der Waals surface area contributed by atoms with Gasteiger partial charge < -0.3 is 20.1 Å². The molecule has 0 saturated carbocycles. The van der Waals surface area contributed by atoms with Gasteiger partial charge in [0.25, 0.3) is 0 Å². The summed E-state index contributed by atoms with van der Waals surface area (Å²) in [7, 11) is 3.87. The molecule has 1 atom stereocenters.